The number of aromatic nitrogens is 1. The van der Waals surface area contributed by atoms with Crippen molar-refractivity contribution in [3.05, 3.63) is 106 Å². The first-order chi connectivity index (χ1) is 14.5. The average Bonchev–Trinajstić information content (AvgIpc) is 3.09. The van der Waals surface area contributed by atoms with E-state index >= 15 is 0 Å². The maximum atomic E-state index is 13.2. The third-order valence-electron chi connectivity index (χ3n) is 4.62. The number of hydrogen-bond acceptors (Lipinski definition) is 4. The van der Waals surface area contributed by atoms with Crippen LogP contribution in [0, 0.1) is 6.92 Å². The molecule has 0 amide bonds. The summed E-state index contributed by atoms with van der Waals surface area (Å²) in [6.45, 7) is 2.04. The van der Waals surface area contributed by atoms with Gasteiger partial charge in [0.1, 0.15) is 14.8 Å². The largest absolute Gasteiger partial charge is 1.00 e. The fraction of sp³-hybridized carbons (Fsp3) is 0.0833. The van der Waals surface area contributed by atoms with Crippen molar-refractivity contribution in [2.24, 2.45) is 0 Å². The Morgan fingerprint density at radius 2 is 1.77 bits per heavy atom. The van der Waals surface area contributed by atoms with Crippen molar-refractivity contribution in [1.82, 2.24) is 0 Å². The lowest BCUT2D eigenvalue weighted by Gasteiger charge is -2.02. The van der Waals surface area contributed by atoms with Gasteiger partial charge in [0.25, 0.3) is 5.69 Å². The Morgan fingerprint density at radius 3 is 2.45 bits per heavy atom. The molecule has 0 radical (unpaired) electrons. The van der Waals surface area contributed by atoms with E-state index in [1.165, 1.54) is 16.9 Å². The van der Waals surface area contributed by atoms with Crippen LogP contribution in [0.15, 0.2) is 83.3 Å². The van der Waals surface area contributed by atoms with Crippen molar-refractivity contribution in [3.63, 3.8) is 0 Å². The standard InChI is InChI=1S/C24H19ClN2OS2.BrH/c1-16-6-5-13-27(14-16)21-20(26)23(22(28)18-9-11-19(25)12-10-18)30-24(21)29-15-17-7-3-2-4-8-17;/h2-14H,15H2,1H3,(H-,26,28);1H. The Balaban J connectivity index is 0.00000272. The molecule has 0 saturated heterocycles. The zero-order valence-electron chi connectivity index (χ0n) is 16.7. The lowest BCUT2D eigenvalue weighted by atomic mass is 10.1. The van der Waals surface area contributed by atoms with E-state index in [1.54, 1.807) is 36.0 Å². The number of carbonyl (C=O) groups is 1. The van der Waals surface area contributed by atoms with E-state index in [4.69, 9.17) is 17.3 Å². The minimum Gasteiger partial charge on any atom is -1.00 e. The van der Waals surface area contributed by atoms with Gasteiger partial charge in [-0.25, -0.2) is 0 Å². The first-order valence-electron chi connectivity index (χ1n) is 9.40. The highest BCUT2D eigenvalue weighted by Gasteiger charge is 2.28. The maximum absolute atomic E-state index is 13.2. The molecular formula is C24H20BrClN2OS2. The number of aryl methyl sites for hydroxylation is 1. The second kappa shape index (κ2) is 10.5. The summed E-state index contributed by atoms with van der Waals surface area (Å²) in [5.41, 5.74) is 10.8. The molecule has 3 nitrogen and oxygen atoms in total. The summed E-state index contributed by atoms with van der Waals surface area (Å²) in [7, 11) is 0. The number of benzene rings is 2. The van der Waals surface area contributed by atoms with Gasteiger partial charge in [-0.15, -0.1) is 23.1 Å². The van der Waals surface area contributed by atoms with Crippen LogP contribution in [-0.2, 0) is 5.75 Å². The summed E-state index contributed by atoms with van der Waals surface area (Å²) in [5.74, 6) is 0.713. The molecule has 2 aromatic heterocycles. The van der Waals surface area contributed by atoms with Crippen molar-refractivity contribution in [1.29, 1.82) is 0 Å². The van der Waals surface area contributed by atoms with Gasteiger partial charge in [-0.05, 0) is 42.8 Å². The van der Waals surface area contributed by atoms with Gasteiger partial charge in [-0.2, -0.15) is 4.57 Å². The molecule has 0 atom stereocenters. The smallest absolute Gasteiger partial charge is 0.259 e. The Hall–Kier alpha value is -2.12. The Kier molecular flexibility index (Phi) is 7.94. The highest BCUT2D eigenvalue weighted by Crippen LogP contribution is 2.40. The Labute approximate surface area is 205 Å². The molecule has 31 heavy (non-hydrogen) atoms. The van der Waals surface area contributed by atoms with Gasteiger partial charge in [-0.1, -0.05) is 41.9 Å². The van der Waals surface area contributed by atoms with Crippen molar-refractivity contribution < 1.29 is 26.3 Å². The van der Waals surface area contributed by atoms with Crippen molar-refractivity contribution >= 4 is 46.2 Å². The summed E-state index contributed by atoms with van der Waals surface area (Å²) in [6.07, 6.45) is 4.00. The molecule has 2 aromatic carbocycles. The summed E-state index contributed by atoms with van der Waals surface area (Å²) < 4.78 is 3.02. The molecule has 158 valence electrons. The van der Waals surface area contributed by atoms with Crippen LogP contribution in [0.5, 0.6) is 0 Å². The predicted octanol–water partition coefficient (Wildman–Crippen LogP) is 3.10. The van der Waals surface area contributed by atoms with Crippen molar-refractivity contribution in [3.8, 4) is 5.69 Å². The second-order valence-corrected chi connectivity index (χ2v) is 9.58. The van der Waals surface area contributed by atoms with E-state index < -0.39 is 0 Å². The third kappa shape index (κ3) is 5.39. The number of thioether (sulfide) groups is 1. The molecule has 0 unspecified atom stereocenters. The summed E-state index contributed by atoms with van der Waals surface area (Å²) >= 11 is 9.12. The van der Waals surface area contributed by atoms with Gasteiger partial charge in [0, 0.05) is 28.0 Å². The third-order valence-corrected chi connectivity index (χ3v) is 7.40. The van der Waals surface area contributed by atoms with E-state index in [0.717, 1.165) is 21.2 Å². The van der Waals surface area contributed by atoms with Crippen LogP contribution in [0.2, 0.25) is 5.02 Å². The van der Waals surface area contributed by atoms with Crippen LogP contribution in [0.25, 0.3) is 5.69 Å². The van der Waals surface area contributed by atoms with Gasteiger partial charge in [0.15, 0.2) is 12.4 Å². The molecule has 0 bridgehead atoms. The summed E-state index contributed by atoms with van der Waals surface area (Å²) in [6, 6.07) is 21.2. The summed E-state index contributed by atoms with van der Waals surface area (Å²) in [4.78, 5) is 13.7. The van der Waals surface area contributed by atoms with Crippen LogP contribution >= 0.6 is 34.7 Å². The number of nitrogen functional groups attached to an aromatic ring is 1. The van der Waals surface area contributed by atoms with Crippen LogP contribution < -0.4 is 27.3 Å². The van der Waals surface area contributed by atoms with E-state index in [9.17, 15) is 4.79 Å². The molecule has 2 N–H and O–H groups in total. The molecular weight excluding hydrogens is 512 g/mol. The highest BCUT2D eigenvalue weighted by atomic mass is 79.9. The van der Waals surface area contributed by atoms with Crippen LogP contribution in [0.4, 0.5) is 5.69 Å². The zero-order valence-corrected chi connectivity index (χ0v) is 20.7. The number of pyridine rings is 1. The normalized spacial score (nSPS) is 10.5. The average molecular weight is 532 g/mol. The summed E-state index contributed by atoms with van der Waals surface area (Å²) in [5, 5.41) is 0.598. The number of nitrogens with two attached hydrogens (primary N) is 1. The quantitative estimate of drug-likeness (QED) is 0.236. The number of hydrogen-bond donors (Lipinski definition) is 1. The maximum Gasteiger partial charge on any atom is 0.259 e. The molecule has 0 saturated carbocycles. The highest BCUT2D eigenvalue weighted by molar-refractivity contribution is 8.00. The Morgan fingerprint density at radius 1 is 1.06 bits per heavy atom. The molecule has 7 heteroatoms. The van der Waals surface area contributed by atoms with Crippen molar-refractivity contribution in [2.75, 3.05) is 5.73 Å². The SMILES string of the molecule is Cc1ccc[n+](-c2c(SCc3ccccc3)sc(C(=O)c3ccc(Cl)cc3)c2N)c1.[Br-]. The van der Waals surface area contributed by atoms with Gasteiger partial charge in [0.05, 0.1) is 0 Å². The van der Waals surface area contributed by atoms with Gasteiger partial charge < -0.3 is 22.7 Å². The predicted molar refractivity (Wildman–Crippen MR) is 126 cm³/mol. The van der Waals surface area contributed by atoms with Gasteiger partial charge >= 0.3 is 0 Å². The number of anilines is 1. The Bertz CT molecular complexity index is 1190. The minimum atomic E-state index is -0.0877. The first kappa shape index (κ1) is 23.5. The fourth-order valence-corrected chi connectivity index (χ4v) is 5.66. The molecule has 4 aromatic rings. The molecule has 0 spiro atoms. The van der Waals surface area contributed by atoms with E-state index in [2.05, 4.69) is 12.1 Å². The number of thiophene rings is 1. The van der Waals surface area contributed by atoms with E-state index in [0.29, 0.717) is 21.2 Å². The number of halogens is 2. The van der Waals surface area contributed by atoms with Gasteiger partial charge in [0.2, 0.25) is 5.78 Å². The van der Waals surface area contributed by atoms with Gasteiger partial charge in [-0.3, -0.25) is 4.79 Å². The molecule has 0 aliphatic rings. The lowest BCUT2D eigenvalue weighted by Crippen LogP contribution is -3.00. The van der Waals surface area contributed by atoms with Crippen molar-refractivity contribution in [2.45, 2.75) is 16.9 Å². The monoisotopic (exact) mass is 530 g/mol. The first-order valence-corrected chi connectivity index (χ1v) is 11.6. The zero-order chi connectivity index (χ0) is 21.1. The van der Waals surface area contributed by atoms with Crippen LogP contribution in [0.3, 0.4) is 0 Å². The number of nitrogens with zero attached hydrogens (tertiary/aromatic N) is 1. The van der Waals surface area contributed by atoms with Crippen LogP contribution in [0.1, 0.15) is 26.4 Å². The van der Waals surface area contributed by atoms with E-state index in [-0.39, 0.29) is 22.8 Å². The lowest BCUT2D eigenvalue weighted by molar-refractivity contribution is -0.597. The molecule has 2 heterocycles. The minimum absolute atomic E-state index is 0. The molecule has 0 aliphatic carbocycles. The topological polar surface area (TPSA) is 47.0 Å². The second-order valence-electron chi connectivity index (χ2n) is 6.88. The number of carbonyl (C=O) groups excluding carboxylic acids is 1. The number of rotatable bonds is 6. The molecule has 0 fully saturated rings. The molecule has 0 aliphatic heterocycles. The number of ketones is 1. The van der Waals surface area contributed by atoms with Crippen LogP contribution in [-0.4, -0.2) is 5.78 Å². The molecule has 4 rings (SSSR count). The van der Waals surface area contributed by atoms with E-state index in [1.807, 2.05) is 54.2 Å². The fourth-order valence-electron chi connectivity index (χ4n) is 3.11.